The first-order valence-corrected chi connectivity index (χ1v) is 7.08. The van der Waals surface area contributed by atoms with Gasteiger partial charge in [-0.2, -0.15) is 11.3 Å². The summed E-state index contributed by atoms with van der Waals surface area (Å²) in [5, 5.41) is 8.30. The highest BCUT2D eigenvalue weighted by atomic mass is 35.5. The molecule has 96 valence electrons. The number of benzene rings is 1. The highest BCUT2D eigenvalue weighted by Crippen LogP contribution is 2.30. The third-order valence-corrected chi connectivity index (χ3v) is 3.91. The summed E-state index contributed by atoms with van der Waals surface area (Å²) < 4.78 is 5.41. The van der Waals surface area contributed by atoms with Crippen LogP contribution in [0, 0.1) is 0 Å². The molecule has 4 heteroatoms. The van der Waals surface area contributed by atoms with Gasteiger partial charge in [-0.3, -0.25) is 0 Å². The Hall–Kier alpha value is -1.03. The first kappa shape index (κ1) is 13.4. The Morgan fingerprint density at radius 1 is 1.39 bits per heavy atom. The third kappa shape index (κ3) is 3.05. The topological polar surface area (TPSA) is 21.3 Å². The predicted octanol–water partition coefficient (Wildman–Crippen LogP) is 3.91. The largest absolute Gasteiger partial charge is 0.496 e. The van der Waals surface area contributed by atoms with Crippen molar-refractivity contribution in [1.29, 1.82) is 0 Å². The summed E-state index contributed by atoms with van der Waals surface area (Å²) in [6.07, 6.45) is 0.942. The molecule has 1 unspecified atom stereocenters. The first-order chi connectivity index (χ1) is 8.74. The van der Waals surface area contributed by atoms with Gasteiger partial charge >= 0.3 is 0 Å². The Kier molecular flexibility index (Phi) is 4.64. The smallest absolute Gasteiger partial charge is 0.125 e. The minimum Gasteiger partial charge on any atom is -0.496 e. The highest BCUT2D eigenvalue weighted by Gasteiger charge is 2.15. The van der Waals surface area contributed by atoms with Gasteiger partial charge < -0.3 is 10.1 Å². The van der Waals surface area contributed by atoms with E-state index in [0.717, 1.165) is 17.7 Å². The van der Waals surface area contributed by atoms with E-state index in [2.05, 4.69) is 22.1 Å². The van der Waals surface area contributed by atoms with Crippen LogP contribution in [0.1, 0.15) is 17.2 Å². The Bertz CT molecular complexity index is 499. The third-order valence-electron chi connectivity index (χ3n) is 2.94. The second-order valence-electron chi connectivity index (χ2n) is 4.06. The van der Waals surface area contributed by atoms with Gasteiger partial charge in [0, 0.05) is 16.6 Å². The Labute approximate surface area is 117 Å². The zero-order valence-electron chi connectivity index (χ0n) is 10.4. The van der Waals surface area contributed by atoms with Crippen LogP contribution < -0.4 is 10.1 Å². The molecule has 0 spiro atoms. The van der Waals surface area contributed by atoms with Crippen LogP contribution in [0.3, 0.4) is 0 Å². The van der Waals surface area contributed by atoms with Gasteiger partial charge in [0.15, 0.2) is 0 Å². The van der Waals surface area contributed by atoms with Gasteiger partial charge in [-0.1, -0.05) is 17.7 Å². The predicted molar refractivity (Wildman–Crippen MR) is 77.8 cm³/mol. The van der Waals surface area contributed by atoms with Gasteiger partial charge in [0.2, 0.25) is 0 Å². The van der Waals surface area contributed by atoms with Crippen molar-refractivity contribution in [1.82, 2.24) is 5.32 Å². The number of hydrogen-bond acceptors (Lipinski definition) is 3. The summed E-state index contributed by atoms with van der Waals surface area (Å²) in [4.78, 5) is 0. The molecule has 0 aliphatic rings. The highest BCUT2D eigenvalue weighted by molar-refractivity contribution is 7.07. The number of likely N-dealkylation sites (N-methyl/N-ethyl adjacent to an activating group) is 1. The fraction of sp³-hybridized carbons (Fsp3) is 0.286. The lowest BCUT2D eigenvalue weighted by molar-refractivity contribution is 0.401. The van der Waals surface area contributed by atoms with Crippen molar-refractivity contribution in [2.75, 3.05) is 14.2 Å². The van der Waals surface area contributed by atoms with E-state index in [-0.39, 0.29) is 6.04 Å². The van der Waals surface area contributed by atoms with Gasteiger partial charge in [-0.15, -0.1) is 0 Å². The number of rotatable bonds is 5. The van der Waals surface area contributed by atoms with E-state index in [1.807, 2.05) is 25.2 Å². The molecule has 2 aromatic rings. The average molecular weight is 282 g/mol. The fourth-order valence-corrected chi connectivity index (χ4v) is 2.83. The van der Waals surface area contributed by atoms with Crippen LogP contribution in [0.4, 0.5) is 0 Å². The van der Waals surface area contributed by atoms with E-state index in [4.69, 9.17) is 16.3 Å². The van der Waals surface area contributed by atoms with E-state index in [0.29, 0.717) is 5.02 Å². The van der Waals surface area contributed by atoms with Gasteiger partial charge in [0.1, 0.15) is 5.75 Å². The van der Waals surface area contributed by atoms with Crippen molar-refractivity contribution in [2.24, 2.45) is 0 Å². The summed E-state index contributed by atoms with van der Waals surface area (Å²) in [6.45, 7) is 0. The molecule has 2 nitrogen and oxygen atoms in total. The lowest BCUT2D eigenvalue weighted by Crippen LogP contribution is -2.19. The van der Waals surface area contributed by atoms with E-state index >= 15 is 0 Å². The number of halogens is 1. The number of thiophene rings is 1. The molecule has 0 amide bonds. The summed E-state index contributed by atoms with van der Waals surface area (Å²) in [5.41, 5.74) is 2.46. The van der Waals surface area contributed by atoms with Crippen molar-refractivity contribution >= 4 is 22.9 Å². The minimum absolute atomic E-state index is 0.229. The standard InChI is InChI=1S/C14H16ClNOS/c1-16-13(7-10-5-6-18-9-10)12-4-3-11(15)8-14(12)17-2/h3-6,8-9,13,16H,7H2,1-2H3. The van der Waals surface area contributed by atoms with E-state index in [1.54, 1.807) is 18.4 Å². The molecule has 1 heterocycles. The van der Waals surface area contributed by atoms with Crippen LogP contribution in [0.5, 0.6) is 5.75 Å². The lowest BCUT2D eigenvalue weighted by atomic mass is 10.00. The Balaban J connectivity index is 2.26. The van der Waals surface area contributed by atoms with E-state index in [1.165, 1.54) is 5.56 Å². The van der Waals surface area contributed by atoms with Crippen molar-refractivity contribution in [2.45, 2.75) is 12.5 Å². The molecular formula is C14H16ClNOS. The van der Waals surface area contributed by atoms with Gasteiger partial charge in [-0.25, -0.2) is 0 Å². The van der Waals surface area contributed by atoms with Crippen molar-refractivity contribution < 1.29 is 4.74 Å². The summed E-state index contributed by atoms with van der Waals surface area (Å²) in [6, 6.07) is 8.16. The molecule has 0 saturated heterocycles. The van der Waals surface area contributed by atoms with Crippen LogP contribution >= 0.6 is 22.9 Å². The minimum atomic E-state index is 0.229. The van der Waals surface area contributed by atoms with Crippen LogP contribution in [-0.4, -0.2) is 14.2 Å². The van der Waals surface area contributed by atoms with Gasteiger partial charge in [-0.05, 0) is 48.0 Å². The van der Waals surface area contributed by atoms with Crippen LogP contribution in [0.2, 0.25) is 5.02 Å². The molecule has 1 aromatic carbocycles. The monoisotopic (exact) mass is 281 g/mol. The number of methoxy groups -OCH3 is 1. The van der Waals surface area contributed by atoms with Crippen LogP contribution in [0.15, 0.2) is 35.0 Å². The van der Waals surface area contributed by atoms with Crippen LogP contribution in [-0.2, 0) is 6.42 Å². The molecule has 0 aliphatic heterocycles. The molecular weight excluding hydrogens is 266 g/mol. The summed E-state index contributed by atoms with van der Waals surface area (Å²) in [7, 11) is 3.64. The van der Waals surface area contributed by atoms with Crippen molar-refractivity contribution in [3.8, 4) is 5.75 Å². The zero-order chi connectivity index (χ0) is 13.0. The molecule has 2 rings (SSSR count). The van der Waals surface area contributed by atoms with E-state index in [9.17, 15) is 0 Å². The summed E-state index contributed by atoms with van der Waals surface area (Å²) >= 11 is 7.71. The van der Waals surface area contributed by atoms with Crippen molar-refractivity contribution in [3.05, 3.63) is 51.2 Å². The second-order valence-corrected chi connectivity index (χ2v) is 5.28. The summed E-state index contributed by atoms with van der Waals surface area (Å²) in [5.74, 6) is 0.831. The maximum Gasteiger partial charge on any atom is 0.125 e. The molecule has 0 aliphatic carbocycles. The number of nitrogens with one attached hydrogen (secondary N) is 1. The molecule has 18 heavy (non-hydrogen) atoms. The number of hydrogen-bond donors (Lipinski definition) is 1. The second kappa shape index (κ2) is 6.23. The van der Waals surface area contributed by atoms with E-state index < -0.39 is 0 Å². The first-order valence-electron chi connectivity index (χ1n) is 5.76. The molecule has 0 saturated carbocycles. The van der Waals surface area contributed by atoms with Crippen molar-refractivity contribution in [3.63, 3.8) is 0 Å². The van der Waals surface area contributed by atoms with Gasteiger partial charge in [0.25, 0.3) is 0 Å². The van der Waals surface area contributed by atoms with Crippen LogP contribution in [0.25, 0.3) is 0 Å². The normalized spacial score (nSPS) is 12.4. The maximum absolute atomic E-state index is 5.99. The van der Waals surface area contributed by atoms with Gasteiger partial charge in [0.05, 0.1) is 7.11 Å². The average Bonchev–Trinajstić information content (AvgIpc) is 2.89. The molecule has 0 radical (unpaired) electrons. The lowest BCUT2D eigenvalue weighted by Gasteiger charge is -2.19. The molecule has 1 aromatic heterocycles. The zero-order valence-corrected chi connectivity index (χ0v) is 12.0. The quantitative estimate of drug-likeness (QED) is 0.897. The fourth-order valence-electron chi connectivity index (χ4n) is 1.98. The SMILES string of the molecule is CNC(Cc1ccsc1)c1ccc(Cl)cc1OC. The molecule has 0 fully saturated rings. The number of ether oxygens (including phenoxy) is 1. The maximum atomic E-state index is 5.99. The Morgan fingerprint density at radius 3 is 2.83 bits per heavy atom. The molecule has 1 atom stereocenters. The Morgan fingerprint density at radius 2 is 2.22 bits per heavy atom. The molecule has 1 N–H and O–H groups in total. The molecule has 0 bridgehead atoms.